The van der Waals surface area contributed by atoms with Gasteiger partial charge in [0.05, 0.1) is 12.5 Å². The predicted molar refractivity (Wildman–Crippen MR) is 108 cm³/mol. The van der Waals surface area contributed by atoms with Gasteiger partial charge in [-0.25, -0.2) is 0 Å². The van der Waals surface area contributed by atoms with E-state index in [9.17, 15) is 14.4 Å². The molecule has 0 aliphatic carbocycles. The molecule has 0 aliphatic heterocycles. The van der Waals surface area contributed by atoms with Crippen molar-refractivity contribution in [2.75, 3.05) is 0 Å². The molecule has 0 aliphatic rings. The van der Waals surface area contributed by atoms with Crippen LogP contribution in [0.4, 0.5) is 0 Å². The lowest BCUT2D eigenvalue weighted by atomic mass is 10.0. The fraction of sp³-hybridized carbons (Fsp3) is 0.348. The minimum absolute atomic E-state index is 0.0517. The number of nitrogens with one attached hydrogen (secondary N) is 1. The van der Waals surface area contributed by atoms with Crippen LogP contribution in [0.25, 0.3) is 0 Å². The normalized spacial score (nSPS) is 12.7. The SMILES string of the molecule is Cc1ccc(C(=O)CCC(=O)OC(C)C(=O)NC(C)c2ccccc2)cc1C. The second-order valence-corrected chi connectivity index (χ2v) is 7.00. The second kappa shape index (κ2) is 9.83. The van der Waals surface area contributed by atoms with E-state index >= 15 is 0 Å². The van der Waals surface area contributed by atoms with E-state index in [0.717, 1.165) is 16.7 Å². The molecule has 0 bridgehead atoms. The summed E-state index contributed by atoms with van der Waals surface area (Å²) in [6.45, 7) is 7.31. The number of ether oxygens (including phenoxy) is 1. The Kier molecular flexibility index (Phi) is 7.50. The van der Waals surface area contributed by atoms with Gasteiger partial charge in [0.15, 0.2) is 11.9 Å². The third-order valence-electron chi connectivity index (χ3n) is 4.72. The molecule has 1 N–H and O–H groups in total. The zero-order valence-electron chi connectivity index (χ0n) is 16.8. The van der Waals surface area contributed by atoms with E-state index in [-0.39, 0.29) is 30.6 Å². The molecule has 0 aromatic heterocycles. The van der Waals surface area contributed by atoms with Crippen molar-refractivity contribution in [2.24, 2.45) is 0 Å². The zero-order chi connectivity index (χ0) is 20.7. The highest BCUT2D eigenvalue weighted by molar-refractivity contribution is 5.98. The maximum absolute atomic E-state index is 12.2. The predicted octanol–water partition coefficient (Wildman–Crippen LogP) is 4.08. The van der Waals surface area contributed by atoms with E-state index in [0.29, 0.717) is 5.56 Å². The number of esters is 1. The summed E-state index contributed by atoms with van der Waals surface area (Å²) < 4.78 is 5.17. The highest BCUT2D eigenvalue weighted by Gasteiger charge is 2.20. The van der Waals surface area contributed by atoms with Gasteiger partial charge >= 0.3 is 5.97 Å². The van der Waals surface area contributed by atoms with E-state index in [1.54, 1.807) is 6.07 Å². The van der Waals surface area contributed by atoms with Crippen molar-refractivity contribution in [3.63, 3.8) is 0 Å². The van der Waals surface area contributed by atoms with Crippen LogP contribution in [0.15, 0.2) is 48.5 Å². The number of rotatable bonds is 8. The van der Waals surface area contributed by atoms with Gasteiger partial charge in [-0.2, -0.15) is 0 Å². The van der Waals surface area contributed by atoms with E-state index in [1.807, 2.05) is 63.2 Å². The van der Waals surface area contributed by atoms with Crippen LogP contribution < -0.4 is 5.32 Å². The van der Waals surface area contributed by atoms with E-state index in [4.69, 9.17) is 4.74 Å². The highest BCUT2D eigenvalue weighted by Crippen LogP contribution is 2.14. The van der Waals surface area contributed by atoms with Crippen LogP contribution in [0.1, 0.15) is 59.8 Å². The zero-order valence-corrected chi connectivity index (χ0v) is 16.8. The maximum atomic E-state index is 12.2. The molecule has 2 aromatic carbocycles. The summed E-state index contributed by atoms with van der Waals surface area (Å²) in [7, 11) is 0. The number of ketones is 1. The summed E-state index contributed by atoms with van der Waals surface area (Å²) >= 11 is 0. The largest absolute Gasteiger partial charge is 0.453 e. The topological polar surface area (TPSA) is 72.5 Å². The van der Waals surface area contributed by atoms with Crippen LogP contribution in [0, 0.1) is 13.8 Å². The fourth-order valence-electron chi connectivity index (χ4n) is 2.74. The summed E-state index contributed by atoms with van der Waals surface area (Å²) in [5.74, 6) is -1.05. The molecule has 2 rings (SSSR count). The molecule has 2 atom stereocenters. The average molecular weight is 381 g/mol. The first-order valence-corrected chi connectivity index (χ1v) is 9.43. The molecule has 0 saturated heterocycles. The Bertz CT molecular complexity index is 845. The van der Waals surface area contributed by atoms with Crippen LogP contribution in [0.2, 0.25) is 0 Å². The minimum atomic E-state index is -0.921. The molecule has 0 saturated carbocycles. The Morgan fingerprint density at radius 3 is 2.25 bits per heavy atom. The molecular formula is C23H27NO4. The van der Waals surface area contributed by atoms with E-state index < -0.39 is 12.1 Å². The molecule has 28 heavy (non-hydrogen) atoms. The van der Waals surface area contributed by atoms with Crippen LogP contribution >= 0.6 is 0 Å². The average Bonchev–Trinajstić information content (AvgIpc) is 2.68. The Labute approximate surface area is 166 Å². The quantitative estimate of drug-likeness (QED) is 0.552. The van der Waals surface area contributed by atoms with Crippen LogP contribution in [-0.4, -0.2) is 23.8 Å². The smallest absolute Gasteiger partial charge is 0.307 e. The number of Topliss-reactive ketones (excluding diaryl/α,β-unsaturated/α-hetero) is 1. The van der Waals surface area contributed by atoms with E-state index in [1.165, 1.54) is 6.92 Å². The van der Waals surface area contributed by atoms with Gasteiger partial charge < -0.3 is 10.1 Å². The Balaban J connectivity index is 1.80. The first kappa shape index (κ1) is 21.4. The van der Waals surface area contributed by atoms with Crippen LogP contribution in [0.3, 0.4) is 0 Å². The number of amides is 1. The molecule has 0 radical (unpaired) electrons. The van der Waals surface area contributed by atoms with Crippen molar-refractivity contribution in [3.05, 3.63) is 70.8 Å². The Morgan fingerprint density at radius 1 is 0.929 bits per heavy atom. The summed E-state index contributed by atoms with van der Waals surface area (Å²) in [6.07, 6.45) is -0.927. The first-order chi connectivity index (χ1) is 13.3. The molecule has 0 fully saturated rings. The molecular weight excluding hydrogens is 354 g/mol. The number of carbonyl (C=O) groups excluding carboxylic acids is 3. The Hall–Kier alpha value is -2.95. The standard InChI is InChI=1S/C23H27NO4/c1-15-10-11-20(14-16(15)2)21(25)12-13-22(26)28-18(4)23(27)24-17(3)19-8-6-5-7-9-19/h5-11,14,17-18H,12-13H2,1-4H3,(H,24,27). The van der Waals surface area contributed by atoms with Gasteiger partial charge in [-0.3, -0.25) is 14.4 Å². The molecule has 1 amide bonds. The molecule has 0 spiro atoms. The summed E-state index contributed by atoms with van der Waals surface area (Å²) in [5.41, 5.74) is 3.69. The molecule has 148 valence electrons. The summed E-state index contributed by atoms with van der Waals surface area (Å²) in [6, 6.07) is 14.8. The molecule has 0 heterocycles. The van der Waals surface area contributed by atoms with Gasteiger partial charge in [-0.05, 0) is 50.5 Å². The van der Waals surface area contributed by atoms with Gasteiger partial charge in [-0.1, -0.05) is 42.5 Å². The van der Waals surface area contributed by atoms with Gasteiger partial charge in [0.2, 0.25) is 0 Å². The third-order valence-corrected chi connectivity index (χ3v) is 4.72. The first-order valence-electron chi connectivity index (χ1n) is 9.43. The fourth-order valence-corrected chi connectivity index (χ4v) is 2.74. The number of aryl methyl sites for hydroxylation is 2. The van der Waals surface area contributed by atoms with Crippen molar-refractivity contribution in [2.45, 2.75) is 52.7 Å². The lowest BCUT2D eigenvalue weighted by Crippen LogP contribution is -2.37. The Morgan fingerprint density at radius 2 is 1.61 bits per heavy atom. The van der Waals surface area contributed by atoms with Gasteiger partial charge in [-0.15, -0.1) is 0 Å². The molecule has 5 nitrogen and oxygen atoms in total. The van der Waals surface area contributed by atoms with E-state index in [2.05, 4.69) is 5.32 Å². The van der Waals surface area contributed by atoms with Crippen molar-refractivity contribution in [3.8, 4) is 0 Å². The number of carbonyl (C=O) groups is 3. The molecule has 2 unspecified atom stereocenters. The lowest BCUT2D eigenvalue weighted by Gasteiger charge is -2.18. The van der Waals surface area contributed by atoms with Crippen LogP contribution in [0.5, 0.6) is 0 Å². The molecule has 2 aromatic rings. The minimum Gasteiger partial charge on any atom is -0.453 e. The second-order valence-electron chi connectivity index (χ2n) is 7.00. The number of hydrogen-bond acceptors (Lipinski definition) is 4. The summed E-state index contributed by atoms with van der Waals surface area (Å²) in [5, 5.41) is 2.82. The molecule has 5 heteroatoms. The van der Waals surface area contributed by atoms with Crippen molar-refractivity contribution >= 4 is 17.7 Å². The van der Waals surface area contributed by atoms with Crippen molar-refractivity contribution < 1.29 is 19.1 Å². The number of hydrogen-bond donors (Lipinski definition) is 1. The van der Waals surface area contributed by atoms with Crippen molar-refractivity contribution in [1.82, 2.24) is 5.32 Å². The van der Waals surface area contributed by atoms with Gasteiger partial charge in [0.25, 0.3) is 5.91 Å². The third kappa shape index (κ3) is 6.05. The van der Waals surface area contributed by atoms with Crippen molar-refractivity contribution in [1.29, 1.82) is 0 Å². The summed E-state index contributed by atoms with van der Waals surface area (Å²) in [4.78, 5) is 36.5. The van der Waals surface area contributed by atoms with Gasteiger partial charge in [0, 0.05) is 12.0 Å². The number of benzene rings is 2. The lowest BCUT2D eigenvalue weighted by molar-refractivity contribution is -0.155. The maximum Gasteiger partial charge on any atom is 0.307 e. The monoisotopic (exact) mass is 381 g/mol. The van der Waals surface area contributed by atoms with Crippen LogP contribution in [-0.2, 0) is 14.3 Å². The highest BCUT2D eigenvalue weighted by atomic mass is 16.5. The van der Waals surface area contributed by atoms with Gasteiger partial charge in [0.1, 0.15) is 0 Å².